The van der Waals surface area contributed by atoms with Gasteiger partial charge < -0.3 is 10.0 Å². The molecule has 0 spiro atoms. The molecule has 0 aliphatic rings. The highest BCUT2D eigenvalue weighted by atomic mass is 16.4. The fourth-order valence-corrected chi connectivity index (χ4v) is 1.73. The molecule has 0 saturated carbocycles. The lowest BCUT2D eigenvalue weighted by Crippen LogP contribution is -2.43. The summed E-state index contributed by atoms with van der Waals surface area (Å²) in [6, 6.07) is 7.18. The summed E-state index contributed by atoms with van der Waals surface area (Å²) >= 11 is 0. The van der Waals surface area contributed by atoms with Crippen molar-refractivity contribution < 1.29 is 14.7 Å². The molecule has 0 heterocycles. The van der Waals surface area contributed by atoms with Crippen LogP contribution >= 0.6 is 0 Å². The van der Waals surface area contributed by atoms with E-state index in [1.807, 2.05) is 31.2 Å². The number of urea groups is 1. The first kappa shape index (κ1) is 14.0. The molecule has 0 bridgehead atoms. The third kappa shape index (κ3) is 3.23. The average Bonchev–Trinajstić information content (AvgIpc) is 2.34. The smallest absolute Gasteiger partial charge is 0.324 e. The largest absolute Gasteiger partial charge is 0.480 e. The summed E-state index contributed by atoms with van der Waals surface area (Å²) in [7, 11) is 1.65. The predicted molar refractivity (Wildman–Crippen MR) is 69.9 cm³/mol. The van der Waals surface area contributed by atoms with E-state index < -0.39 is 5.97 Å². The van der Waals surface area contributed by atoms with E-state index in [-0.39, 0.29) is 12.6 Å². The zero-order valence-corrected chi connectivity index (χ0v) is 10.9. The van der Waals surface area contributed by atoms with Crippen LogP contribution < -0.4 is 4.90 Å². The third-order valence-electron chi connectivity index (χ3n) is 2.74. The Bertz CT molecular complexity index is 446. The number of carboxylic acid groups (broad SMARTS) is 1. The molecule has 0 unspecified atom stereocenters. The van der Waals surface area contributed by atoms with E-state index in [1.54, 1.807) is 14.0 Å². The van der Waals surface area contributed by atoms with Gasteiger partial charge in [0.1, 0.15) is 6.54 Å². The van der Waals surface area contributed by atoms with Gasteiger partial charge in [-0.1, -0.05) is 18.2 Å². The first-order valence-corrected chi connectivity index (χ1v) is 5.77. The maximum absolute atomic E-state index is 12.2. The normalized spacial score (nSPS) is 9.94. The summed E-state index contributed by atoms with van der Waals surface area (Å²) in [4.78, 5) is 25.6. The van der Waals surface area contributed by atoms with Gasteiger partial charge in [0.2, 0.25) is 0 Å². The Hall–Kier alpha value is -2.04. The molecule has 98 valence electrons. The molecule has 5 nitrogen and oxygen atoms in total. The first-order valence-electron chi connectivity index (χ1n) is 5.77. The van der Waals surface area contributed by atoms with Crippen LogP contribution in [0.15, 0.2) is 24.3 Å². The Kier molecular flexibility index (Phi) is 4.71. The zero-order chi connectivity index (χ0) is 13.7. The topological polar surface area (TPSA) is 60.9 Å². The van der Waals surface area contributed by atoms with Crippen molar-refractivity contribution in [2.75, 3.05) is 25.0 Å². The second-order valence-electron chi connectivity index (χ2n) is 4.04. The highest BCUT2D eigenvalue weighted by Crippen LogP contribution is 2.19. The van der Waals surface area contributed by atoms with Gasteiger partial charge in [-0.2, -0.15) is 0 Å². The Morgan fingerprint density at radius 3 is 2.39 bits per heavy atom. The molecule has 0 atom stereocenters. The lowest BCUT2D eigenvalue weighted by molar-refractivity contribution is -0.137. The van der Waals surface area contributed by atoms with Crippen LogP contribution in [0, 0.1) is 6.92 Å². The molecule has 1 rings (SSSR count). The lowest BCUT2D eigenvalue weighted by atomic mass is 10.2. The molecule has 5 heteroatoms. The maximum Gasteiger partial charge on any atom is 0.324 e. The predicted octanol–water partition coefficient (Wildman–Crippen LogP) is 1.96. The van der Waals surface area contributed by atoms with Crippen LogP contribution in [-0.4, -0.2) is 42.1 Å². The summed E-state index contributed by atoms with van der Waals surface area (Å²) in [5.74, 6) is -1.01. The van der Waals surface area contributed by atoms with Crippen LogP contribution in [0.3, 0.4) is 0 Å². The SMILES string of the molecule is CCN(CC(=O)O)C(=O)N(C)c1ccccc1C. The molecule has 1 aromatic rings. The van der Waals surface area contributed by atoms with Crippen molar-refractivity contribution in [3.8, 4) is 0 Å². The number of aryl methyl sites for hydroxylation is 1. The number of para-hydroxylation sites is 1. The first-order chi connectivity index (χ1) is 8.47. The molecular formula is C13H18N2O3. The summed E-state index contributed by atoms with van der Waals surface area (Å²) in [6.07, 6.45) is 0. The Morgan fingerprint density at radius 2 is 1.89 bits per heavy atom. The van der Waals surface area contributed by atoms with Crippen molar-refractivity contribution in [2.45, 2.75) is 13.8 Å². The van der Waals surface area contributed by atoms with Crippen molar-refractivity contribution in [1.29, 1.82) is 0 Å². The molecule has 0 aliphatic heterocycles. The molecule has 0 fully saturated rings. The molecule has 0 aromatic heterocycles. The second-order valence-corrected chi connectivity index (χ2v) is 4.04. The fourth-order valence-electron chi connectivity index (χ4n) is 1.73. The molecule has 18 heavy (non-hydrogen) atoms. The number of amides is 2. The average molecular weight is 250 g/mol. The number of carbonyl (C=O) groups is 2. The molecule has 2 amide bonds. The van der Waals surface area contributed by atoms with Gasteiger partial charge in [0, 0.05) is 19.3 Å². The van der Waals surface area contributed by atoms with Gasteiger partial charge in [-0.05, 0) is 25.5 Å². The number of hydrogen-bond donors (Lipinski definition) is 1. The van der Waals surface area contributed by atoms with Crippen molar-refractivity contribution in [3.63, 3.8) is 0 Å². The van der Waals surface area contributed by atoms with Gasteiger partial charge in [-0.15, -0.1) is 0 Å². The van der Waals surface area contributed by atoms with Crippen LogP contribution in [0.5, 0.6) is 0 Å². The van der Waals surface area contributed by atoms with Gasteiger partial charge in [0.05, 0.1) is 0 Å². The summed E-state index contributed by atoms with van der Waals surface area (Å²) in [5.41, 5.74) is 1.76. The molecule has 1 aromatic carbocycles. The van der Waals surface area contributed by atoms with E-state index in [0.717, 1.165) is 11.3 Å². The number of rotatable bonds is 4. The van der Waals surface area contributed by atoms with E-state index in [9.17, 15) is 9.59 Å². The van der Waals surface area contributed by atoms with Crippen LogP contribution in [0.1, 0.15) is 12.5 Å². The number of carbonyl (C=O) groups excluding carboxylic acids is 1. The minimum atomic E-state index is -1.01. The summed E-state index contributed by atoms with van der Waals surface area (Å²) < 4.78 is 0. The van der Waals surface area contributed by atoms with Crippen molar-refractivity contribution in [2.24, 2.45) is 0 Å². The van der Waals surface area contributed by atoms with Gasteiger partial charge in [0.15, 0.2) is 0 Å². The van der Waals surface area contributed by atoms with Crippen molar-refractivity contribution in [3.05, 3.63) is 29.8 Å². The third-order valence-corrected chi connectivity index (χ3v) is 2.74. The van der Waals surface area contributed by atoms with E-state index in [1.165, 1.54) is 9.80 Å². The number of carboxylic acids is 1. The molecular weight excluding hydrogens is 232 g/mol. The maximum atomic E-state index is 12.2. The van der Waals surface area contributed by atoms with Crippen LogP contribution in [0.2, 0.25) is 0 Å². The minimum Gasteiger partial charge on any atom is -0.480 e. The van der Waals surface area contributed by atoms with Crippen LogP contribution in [0.25, 0.3) is 0 Å². The number of aliphatic carboxylic acids is 1. The Balaban J connectivity index is 2.89. The highest BCUT2D eigenvalue weighted by Gasteiger charge is 2.20. The molecule has 1 N–H and O–H groups in total. The van der Waals surface area contributed by atoms with Gasteiger partial charge >= 0.3 is 12.0 Å². The molecule has 0 aliphatic carbocycles. The highest BCUT2D eigenvalue weighted by molar-refractivity contribution is 5.93. The number of anilines is 1. The van der Waals surface area contributed by atoms with Crippen LogP contribution in [-0.2, 0) is 4.79 Å². The van der Waals surface area contributed by atoms with E-state index >= 15 is 0 Å². The zero-order valence-electron chi connectivity index (χ0n) is 10.9. The fraction of sp³-hybridized carbons (Fsp3) is 0.385. The lowest BCUT2D eigenvalue weighted by Gasteiger charge is -2.27. The van der Waals surface area contributed by atoms with Crippen molar-refractivity contribution >= 4 is 17.7 Å². The number of nitrogens with zero attached hydrogens (tertiary/aromatic N) is 2. The van der Waals surface area contributed by atoms with E-state index in [4.69, 9.17) is 5.11 Å². The van der Waals surface area contributed by atoms with Crippen molar-refractivity contribution in [1.82, 2.24) is 4.90 Å². The Morgan fingerprint density at radius 1 is 1.28 bits per heavy atom. The number of hydrogen-bond acceptors (Lipinski definition) is 2. The second kappa shape index (κ2) is 6.05. The summed E-state index contributed by atoms with van der Waals surface area (Å²) in [5, 5.41) is 8.76. The van der Waals surface area contributed by atoms with Gasteiger partial charge in [0.25, 0.3) is 0 Å². The minimum absolute atomic E-state index is 0.286. The van der Waals surface area contributed by atoms with E-state index in [0.29, 0.717) is 6.54 Å². The van der Waals surface area contributed by atoms with Gasteiger partial charge in [-0.3, -0.25) is 9.69 Å². The summed E-state index contributed by atoms with van der Waals surface area (Å²) in [6.45, 7) is 3.74. The standard InChI is InChI=1S/C13H18N2O3/c1-4-15(9-12(16)17)13(18)14(3)11-8-6-5-7-10(11)2/h5-8H,4,9H2,1-3H3,(H,16,17). The van der Waals surface area contributed by atoms with Crippen LogP contribution in [0.4, 0.5) is 10.5 Å². The molecule has 0 saturated heterocycles. The van der Waals surface area contributed by atoms with E-state index in [2.05, 4.69) is 0 Å². The Labute approximate surface area is 107 Å². The number of benzene rings is 1. The quantitative estimate of drug-likeness (QED) is 0.888. The molecule has 0 radical (unpaired) electrons. The van der Waals surface area contributed by atoms with Gasteiger partial charge in [-0.25, -0.2) is 4.79 Å². The monoisotopic (exact) mass is 250 g/mol. The number of likely N-dealkylation sites (N-methyl/N-ethyl adjacent to an activating group) is 1.